The van der Waals surface area contributed by atoms with Crippen molar-refractivity contribution in [2.45, 2.75) is 11.4 Å². The highest BCUT2D eigenvalue weighted by Crippen LogP contribution is 2.26. The fourth-order valence-corrected chi connectivity index (χ4v) is 4.55. The third-order valence-corrected chi connectivity index (χ3v) is 6.64. The molecule has 0 fully saturated rings. The number of nitrogens with zero attached hydrogens (tertiary/aromatic N) is 2. The number of amides is 1. The number of hydrogen-bond acceptors (Lipinski definition) is 5. The lowest BCUT2D eigenvalue weighted by molar-refractivity contribution is -0.116. The van der Waals surface area contributed by atoms with Crippen molar-refractivity contribution in [2.75, 3.05) is 19.0 Å². The van der Waals surface area contributed by atoms with Crippen LogP contribution in [0, 0.1) is 0 Å². The van der Waals surface area contributed by atoms with E-state index in [1.807, 2.05) is 0 Å². The lowest BCUT2D eigenvalue weighted by Crippen LogP contribution is -2.37. The van der Waals surface area contributed by atoms with Crippen molar-refractivity contribution in [1.82, 2.24) is 9.29 Å². The summed E-state index contributed by atoms with van der Waals surface area (Å²) in [6.45, 7) is -0.453. The molecule has 3 aromatic rings. The summed E-state index contributed by atoms with van der Waals surface area (Å²) in [4.78, 5) is 16.5. The first-order chi connectivity index (χ1) is 14.8. The molecule has 2 aromatic carbocycles. The van der Waals surface area contributed by atoms with Crippen LogP contribution in [0.2, 0.25) is 10.0 Å². The standard InChI is InChI=1S/C21H19Cl2N3O4S/c1-30-17-7-4-15(5-8-17)13-26(31(28,29)18-3-2-10-24-12-18)14-21(27)25-20-9-6-16(22)11-19(20)23/h2-12H,13-14H2,1H3,(H,25,27). The van der Waals surface area contributed by atoms with Crippen LogP contribution in [0.5, 0.6) is 5.75 Å². The first kappa shape index (κ1) is 23.0. The van der Waals surface area contributed by atoms with Gasteiger partial charge in [-0.15, -0.1) is 0 Å². The van der Waals surface area contributed by atoms with E-state index in [9.17, 15) is 13.2 Å². The first-order valence-corrected chi connectivity index (χ1v) is 11.3. The van der Waals surface area contributed by atoms with Gasteiger partial charge in [0.05, 0.1) is 24.4 Å². The number of nitrogens with one attached hydrogen (secondary N) is 1. The van der Waals surface area contributed by atoms with E-state index >= 15 is 0 Å². The lowest BCUT2D eigenvalue weighted by Gasteiger charge is -2.22. The highest BCUT2D eigenvalue weighted by molar-refractivity contribution is 7.89. The van der Waals surface area contributed by atoms with Crippen LogP contribution >= 0.6 is 23.2 Å². The number of methoxy groups -OCH3 is 1. The molecule has 0 bridgehead atoms. The molecule has 0 spiro atoms. The number of benzene rings is 2. The maximum Gasteiger partial charge on any atom is 0.245 e. The van der Waals surface area contributed by atoms with Gasteiger partial charge in [0, 0.05) is 24.0 Å². The minimum Gasteiger partial charge on any atom is -0.497 e. The molecule has 0 aliphatic rings. The predicted molar refractivity (Wildman–Crippen MR) is 120 cm³/mol. The summed E-state index contributed by atoms with van der Waals surface area (Å²) in [5.41, 5.74) is 1.02. The maximum atomic E-state index is 13.2. The van der Waals surface area contributed by atoms with E-state index in [0.29, 0.717) is 22.0 Å². The molecule has 3 rings (SSSR count). The van der Waals surface area contributed by atoms with E-state index in [4.69, 9.17) is 27.9 Å². The van der Waals surface area contributed by atoms with Crippen LogP contribution in [0.25, 0.3) is 0 Å². The summed E-state index contributed by atoms with van der Waals surface area (Å²) in [5, 5.41) is 3.29. The van der Waals surface area contributed by atoms with Gasteiger partial charge in [-0.3, -0.25) is 9.78 Å². The molecule has 162 valence electrons. The number of halogens is 2. The van der Waals surface area contributed by atoms with Crippen molar-refractivity contribution in [1.29, 1.82) is 0 Å². The van der Waals surface area contributed by atoms with Crippen molar-refractivity contribution < 1.29 is 17.9 Å². The zero-order chi connectivity index (χ0) is 22.4. The fraction of sp³-hybridized carbons (Fsp3) is 0.143. The topological polar surface area (TPSA) is 88.6 Å². The van der Waals surface area contributed by atoms with E-state index in [2.05, 4.69) is 10.3 Å². The molecular formula is C21H19Cl2N3O4S. The Balaban J connectivity index is 1.86. The zero-order valence-corrected chi connectivity index (χ0v) is 18.8. The second-order valence-corrected chi connectivity index (χ2v) is 9.26. The molecular weight excluding hydrogens is 461 g/mol. The molecule has 1 N–H and O–H groups in total. The van der Waals surface area contributed by atoms with Crippen molar-refractivity contribution in [3.05, 3.63) is 82.6 Å². The SMILES string of the molecule is COc1ccc(CN(CC(=O)Nc2ccc(Cl)cc2Cl)S(=O)(=O)c2cccnc2)cc1. The lowest BCUT2D eigenvalue weighted by atomic mass is 10.2. The molecule has 10 heteroatoms. The number of carbonyl (C=O) groups excluding carboxylic acids is 1. The summed E-state index contributed by atoms with van der Waals surface area (Å²) < 4.78 is 32.6. The fourth-order valence-electron chi connectivity index (χ4n) is 2.75. The summed E-state index contributed by atoms with van der Waals surface area (Å²) >= 11 is 12.0. The van der Waals surface area contributed by atoms with Gasteiger partial charge < -0.3 is 10.1 Å². The van der Waals surface area contributed by atoms with Crippen molar-refractivity contribution in [2.24, 2.45) is 0 Å². The average Bonchev–Trinajstić information content (AvgIpc) is 2.76. The number of carbonyl (C=O) groups is 1. The second-order valence-electron chi connectivity index (χ2n) is 6.48. The van der Waals surface area contributed by atoms with E-state index < -0.39 is 22.5 Å². The molecule has 31 heavy (non-hydrogen) atoms. The number of sulfonamides is 1. The third kappa shape index (κ3) is 5.95. The quantitative estimate of drug-likeness (QED) is 0.522. The third-order valence-electron chi connectivity index (χ3n) is 4.32. The highest BCUT2D eigenvalue weighted by Gasteiger charge is 2.27. The largest absolute Gasteiger partial charge is 0.497 e. The molecule has 1 aromatic heterocycles. The van der Waals surface area contributed by atoms with Crippen LogP contribution in [0.3, 0.4) is 0 Å². The molecule has 0 saturated carbocycles. The van der Waals surface area contributed by atoms with Gasteiger partial charge in [0.1, 0.15) is 10.6 Å². The number of pyridine rings is 1. The maximum absolute atomic E-state index is 13.2. The molecule has 0 atom stereocenters. The molecule has 1 amide bonds. The van der Waals surface area contributed by atoms with Crippen molar-refractivity contribution >= 4 is 44.8 Å². The molecule has 0 radical (unpaired) electrons. The molecule has 0 aliphatic heterocycles. The first-order valence-electron chi connectivity index (χ1n) is 9.07. The summed E-state index contributed by atoms with van der Waals surface area (Å²) in [6.07, 6.45) is 2.71. The van der Waals surface area contributed by atoms with Gasteiger partial charge in [-0.1, -0.05) is 35.3 Å². The normalized spacial score (nSPS) is 11.4. The summed E-state index contributed by atoms with van der Waals surface area (Å²) in [6, 6.07) is 14.5. The Morgan fingerprint density at radius 1 is 1.13 bits per heavy atom. The predicted octanol–water partition coefficient (Wildman–Crippen LogP) is 4.23. The Morgan fingerprint density at radius 3 is 2.48 bits per heavy atom. The van der Waals surface area contributed by atoms with Gasteiger partial charge in [-0.2, -0.15) is 4.31 Å². The van der Waals surface area contributed by atoms with Crippen LogP contribution in [0.4, 0.5) is 5.69 Å². The zero-order valence-electron chi connectivity index (χ0n) is 16.5. The van der Waals surface area contributed by atoms with Gasteiger partial charge in [0.25, 0.3) is 0 Å². The number of hydrogen-bond donors (Lipinski definition) is 1. The number of rotatable bonds is 8. The highest BCUT2D eigenvalue weighted by atomic mass is 35.5. The minimum atomic E-state index is -3.99. The van der Waals surface area contributed by atoms with Gasteiger partial charge in [0.2, 0.25) is 15.9 Å². The van der Waals surface area contributed by atoms with E-state index in [-0.39, 0.29) is 16.5 Å². The number of ether oxygens (including phenoxy) is 1. The van der Waals surface area contributed by atoms with Crippen LogP contribution in [-0.4, -0.2) is 37.3 Å². The molecule has 0 saturated heterocycles. The Labute approximate surface area is 190 Å². The summed E-state index contributed by atoms with van der Waals surface area (Å²) in [5.74, 6) is 0.0886. The van der Waals surface area contributed by atoms with Crippen molar-refractivity contribution in [3.8, 4) is 5.75 Å². The van der Waals surface area contributed by atoms with E-state index in [0.717, 1.165) is 4.31 Å². The monoisotopic (exact) mass is 479 g/mol. The Bertz CT molecular complexity index is 1160. The smallest absolute Gasteiger partial charge is 0.245 e. The number of aromatic nitrogens is 1. The Kier molecular flexibility index (Phi) is 7.50. The number of anilines is 1. The van der Waals surface area contributed by atoms with E-state index in [1.165, 1.54) is 30.6 Å². The second kappa shape index (κ2) is 10.1. The van der Waals surface area contributed by atoms with Gasteiger partial charge in [-0.05, 0) is 48.0 Å². The molecule has 1 heterocycles. The average molecular weight is 480 g/mol. The summed E-state index contributed by atoms with van der Waals surface area (Å²) in [7, 11) is -2.45. The van der Waals surface area contributed by atoms with Crippen LogP contribution in [0.1, 0.15) is 5.56 Å². The van der Waals surface area contributed by atoms with Gasteiger partial charge in [-0.25, -0.2) is 8.42 Å². The van der Waals surface area contributed by atoms with Gasteiger partial charge in [0.15, 0.2) is 0 Å². The molecule has 7 nitrogen and oxygen atoms in total. The van der Waals surface area contributed by atoms with Crippen LogP contribution in [0.15, 0.2) is 71.9 Å². The molecule has 0 unspecified atom stereocenters. The Morgan fingerprint density at radius 2 is 1.87 bits per heavy atom. The van der Waals surface area contributed by atoms with Gasteiger partial charge >= 0.3 is 0 Å². The minimum absolute atomic E-state index is 0.0131. The molecule has 0 aliphatic carbocycles. The van der Waals surface area contributed by atoms with Crippen LogP contribution in [-0.2, 0) is 21.4 Å². The van der Waals surface area contributed by atoms with Crippen LogP contribution < -0.4 is 10.1 Å². The van der Waals surface area contributed by atoms with E-state index in [1.54, 1.807) is 43.5 Å². The van der Waals surface area contributed by atoms with Crippen molar-refractivity contribution in [3.63, 3.8) is 0 Å². The Hall–Kier alpha value is -2.65.